The number of piperidine rings is 1. The number of carbonyl (C=O) groups is 1. The third kappa shape index (κ3) is 3.72. The fourth-order valence-corrected chi connectivity index (χ4v) is 5.01. The molecule has 25 heavy (non-hydrogen) atoms. The van der Waals surface area contributed by atoms with Gasteiger partial charge in [0.15, 0.2) is 0 Å². The molecule has 1 N–H and O–H groups in total. The van der Waals surface area contributed by atoms with Gasteiger partial charge in [-0.05, 0) is 44.9 Å². The van der Waals surface area contributed by atoms with Crippen molar-refractivity contribution < 1.29 is 4.79 Å². The van der Waals surface area contributed by atoms with Gasteiger partial charge in [0.2, 0.25) is 5.91 Å². The molecule has 136 valence electrons. The Labute approximate surface area is 154 Å². The van der Waals surface area contributed by atoms with Crippen LogP contribution in [0, 0.1) is 5.41 Å². The van der Waals surface area contributed by atoms with Crippen LogP contribution in [0.1, 0.15) is 44.5 Å². The Morgan fingerprint density at radius 2 is 2.12 bits per heavy atom. The summed E-state index contributed by atoms with van der Waals surface area (Å²) < 4.78 is 1.21. The zero-order chi connectivity index (χ0) is 17.9. The molecule has 5 heteroatoms. The van der Waals surface area contributed by atoms with Crippen molar-refractivity contribution in [1.29, 1.82) is 0 Å². The third-order valence-electron chi connectivity index (χ3n) is 5.75. The molecular weight excluding hydrogens is 330 g/mol. The van der Waals surface area contributed by atoms with Crippen LogP contribution in [-0.4, -0.2) is 42.0 Å². The van der Waals surface area contributed by atoms with Gasteiger partial charge in [-0.2, -0.15) is 0 Å². The number of para-hydroxylation sites is 1. The molecular formula is C20H29N3OS. The first-order valence-electron chi connectivity index (χ1n) is 9.43. The summed E-state index contributed by atoms with van der Waals surface area (Å²) in [6.45, 7) is 6.01. The van der Waals surface area contributed by atoms with Gasteiger partial charge < -0.3 is 10.2 Å². The van der Waals surface area contributed by atoms with Gasteiger partial charge >= 0.3 is 0 Å². The minimum absolute atomic E-state index is 0.316. The fraction of sp³-hybridized carbons (Fsp3) is 0.600. The lowest BCUT2D eigenvalue weighted by molar-refractivity contribution is -0.144. The minimum Gasteiger partial charge on any atom is -0.341 e. The maximum Gasteiger partial charge on any atom is 0.229 e. The van der Waals surface area contributed by atoms with E-state index in [-0.39, 0.29) is 5.41 Å². The van der Waals surface area contributed by atoms with E-state index in [0.29, 0.717) is 11.9 Å². The van der Waals surface area contributed by atoms with Crippen molar-refractivity contribution in [2.24, 2.45) is 5.41 Å². The fourth-order valence-electron chi connectivity index (χ4n) is 3.90. The van der Waals surface area contributed by atoms with Gasteiger partial charge in [0, 0.05) is 25.6 Å². The molecule has 1 aliphatic rings. The molecule has 1 atom stereocenters. The quantitative estimate of drug-likeness (QED) is 0.852. The Balaban J connectivity index is 1.83. The second kappa shape index (κ2) is 7.83. The van der Waals surface area contributed by atoms with Gasteiger partial charge in [-0.15, -0.1) is 11.3 Å². The molecule has 1 aliphatic heterocycles. The molecule has 2 heterocycles. The largest absolute Gasteiger partial charge is 0.341 e. The van der Waals surface area contributed by atoms with Crippen LogP contribution in [0.5, 0.6) is 0 Å². The highest BCUT2D eigenvalue weighted by molar-refractivity contribution is 7.18. The first-order chi connectivity index (χ1) is 12.1. The molecule has 4 nitrogen and oxygen atoms in total. The molecule has 1 saturated heterocycles. The van der Waals surface area contributed by atoms with Crippen molar-refractivity contribution in [1.82, 2.24) is 15.2 Å². The van der Waals surface area contributed by atoms with Crippen molar-refractivity contribution in [2.45, 2.75) is 52.0 Å². The SMILES string of the molecule is CCC(CC)(Cc1nc2ccccc2s1)C(=O)N1CCCC(NC)C1. The van der Waals surface area contributed by atoms with Crippen molar-refractivity contribution in [2.75, 3.05) is 20.1 Å². The van der Waals surface area contributed by atoms with Crippen LogP contribution in [-0.2, 0) is 11.2 Å². The number of likely N-dealkylation sites (N-methyl/N-ethyl adjacent to an activating group) is 1. The number of aromatic nitrogens is 1. The molecule has 1 fully saturated rings. The number of hydrogen-bond donors (Lipinski definition) is 1. The highest BCUT2D eigenvalue weighted by atomic mass is 32.1. The molecule has 0 aliphatic carbocycles. The van der Waals surface area contributed by atoms with Crippen molar-refractivity contribution in [3.8, 4) is 0 Å². The molecule has 1 aromatic heterocycles. The number of rotatable bonds is 6. The summed E-state index contributed by atoms with van der Waals surface area (Å²) in [5.74, 6) is 0.316. The van der Waals surface area contributed by atoms with E-state index in [9.17, 15) is 4.79 Å². The topological polar surface area (TPSA) is 45.2 Å². The van der Waals surface area contributed by atoms with E-state index >= 15 is 0 Å². The molecule has 1 unspecified atom stereocenters. The first-order valence-corrected chi connectivity index (χ1v) is 10.2. The molecule has 0 saturated carbocycles. The average molecular weight is 360 g/mol. The molecule has 1 aromatic carbocycles. The smallest absolute Gasteiger partial charge is 0.229 e. The predicted molar refractivity (Wildman–Crippen MR) is 105 cm³/mol. The van der Waals surface area contributed by atoms with E-state index < -0.39 is 0 Å². The van der Waals surface area contributed by atoms with E-state index in [0.717, 1.165) is 55.7 Å². The standard InChI is InChI=1S/C20H29N3OS/c1-4-20(5-2,19(24)23-12-8-9-15(14-23)21-3)13-18-22-16-10-6-7-11-17(16)25-18/h6-7,10-11,15,21H,4-5,8-9,12-14H2,1-3H3. The number of carbonyl (C=O) groups excluding carboxylic acids is 1. The highest BCUT2D eigenvalue weighted by Gasteiger charge is 2.40. The Hall–Kier alpha value is -1.46. The normalized spacial score (nSPS) is 18.7. The average Bonchev–Trinajstić information content (AvgIpc) is 3.08. The summed E-state index contributed by atoms with van der Waals surface area (Å²) in [4.78, 5) is 20.3. The summed E-state index contributed by atoms with van der Waals surface area (Å²) in [6, 6.07) is 8.66. The van der Waals surface area contributed by atoms with E-state index in [1.165, 1.54) is 4.70 Å². The summed E-state index contributed by atoms with van der Waals surface area (Å²) >= 11 is 1.73. The molecule has 0 radical (unpaired) electrons. The molecule has 1 amide bonds. The maximum absolute atomic E-state index is 13.4. The Morgan fingerprint density at radius 1 is 1.36 bits per heavy atom. The monoisotopic (exact) mass is 359 g/mol. The van der Waals surface area contributed by atoms with Crippen LogP contribution in [0.15, 0.2) is 24.3 Å². The van der Waals surface area contributed by atoms with Crippen molar-refractivity contribution in [3.63, 3.8) is 0 Å². The van der Waals surface area contributed by atoms with E-state index in [4.69, 9.17) is 4.98 Å². The Morgan fingerprint density at radius 3 is 2.80 bits per heavy atom. The minimum atomic E-state index is -0.330. The zero-order valence-electron chi connectivity index (χ0n) is 15.5. The van der Waals surface area contributed by atoms with Crippen LogP contribution in [0.3, 0.4) is 0 Å². The molecule has 0 spiro atoms. The van der Waals surface area contributed by atoms with Gasteiger partial charge in [-0.3, -0.25) is 4.79 Å². The van der Waals surface area contributed by atoms with Crippen LogP contribution < -0.4 is 5.32 Å². The Kier molecular flexibility index (Phi) is 5.74. The van der Waals surface area contributed by atoms with Gasteiger partial charge in [0.05, 0.1) is 20.6 Å². The van der Waals surface area contributed by atoms with Crippen LogP contribution in [0.4, 0.5) is 0 Å². The summed E-state index contributed by atoms with van der Waals surface area (Å²) in [7, 11) is 1.99. The van der Waals surface area contributed by atoms with Crippen LogP contribution >= 0.6 is 11.3 Å². The first kappa shape index (κ1) is 18.3. The molecule has 3 rings (SSSR count). The lowest BCUT2D eigenvalue weighted by Gasteiger charge is -2.40. The number of benzene rings is 1. The van der Waals surface area contributed by atoms with Gasteiger partial charge in [-0.1, -0.05) is 26.0 Å². The van der Waals surface area contributed by atoms with E-state index in [1.807, 2.05) is 19.2 Å². The van der Waals surface area contributed by atoms with Gasteiger partial charge in [-0.25, -0.2) is 4.98 Å². The summed E-state index contributed by atoms with van der Waals surface area (Å²) in [5, 5.41) is 4.42. The number of fused-ring (bicyclic) bond motifs is 1. The summed E-state index contributed by atoms with van der Waals surface area (Å²) in [6.07, 6.45) is 4.71. The zero-order valence-corrected chi connectivity index (χ0v) is 16.4. The van der Waals surface area contributed by atoms with Crippen molar-refractivity contribution in [3.05, 3.63) is 29.3 Å². The van der Waals surface area contributed by atoms with E-state index in [2.05, 4.69) is 36.2 Å². The van der Waals surface area contributed by atoms with Crippen LogP contribution in [0.25, 0.3) is 10.2 Å². The second-order valence-electron chi connectivity index (χ2n) is 7.12. The maximum atomic E-state index is 13.4. The van der Waals surface area contributed by atoms with Gasteiger partial charge in [0.25, 0.3) is 0 Å². The van der Waals surface area contributed by atoms with E-state index in [1.54, 1.807) is 11.3 Å². The number of nitrogens with zero attached hydrogens (tertiary/aromatic N) is 2. The molecule has 0 bridgehead atoms. The lowest BCUT2D eigenvalue weighted by atomic mass is 9.77. The molecule has 2 aromatic rings. The number of likely N-dealkylation sites (tertiary alicyclic amines) is 1. The van der Waals surface area contributed by atoms with Crippen LogP contribution in [0.2, 0.25) is 0 Å². The van der Waals surface area contributed by atoms with Gasteiger partial charge in [0.1, 0.15) is 0 Å². The Bertz CT molecular complexity index is 690. The number of amides is 1. The second-order valence-corrected chi connectivity index (χ2v) is 8.23. The summed E-state index contributed by atoms with van der Waals surface area (Å²) in [5.41, 5.74) is 0.716. The third-order valence-corrected chi connectivity index (χ3v) is 6.79. The number of hydrogen-bond acceptors (Lipinski definition) is 4. The number of nitrogens with one attached hydrogen (secondary N) is 1. The predicted octanol–water partition coefficient (Wildman–Crippen LogP) is 3.86. The lowest BCUT2D eigenvalue weighted by Crippen LogP contribution is -2.52. The van der Waals surface area contributed by atoms with Crippen molar-refractivity contribution >= 4 is 27.5 Å². The highest BCUT2D eigenvalue weighted by Crippen LogP contribution is 2.36. The number of thiazole rings is 1.